The molecule has 0 unspecified atom stereocenters. The summed E-state index contributed by atoms with van der Waals surface area (Å²) in [4.78, 5) is 10.4. The van der Waals surface area contributed by atoms with Crippen LogP contribution in [0.5, 0.6) is 0 Å². The van der Waals surface area contributed by atoms with Crippen molar-refractivity contribution in [2.75, 3.05) is 18.4 Å². The van der Waals surface area contributed by atoms with Gasteiger partial charge < -0.3 is 5.32 Å². The molecule has 0 radical (unpaired) electrons. The van der Waals surface area contributed by atoms with E-state index in [0.717, 1.165) is 17.4 Å². The SMILES string of the molecule is CCNc1sc(S(=O)(=O)NCCC(C)(C)C)cc1[N+](=O)[O-]. The smallest absolute Gasteiger partial charge is 0.304 e. The third-order valence-electron chi connectivity index (χ3n) is 2.66. The van der Waals surface area contributed by atoms with Crippen molar-refractivity contribution in [2.24, 2.45) is 5.41 Å². The van der Waals surface area contributed by atoms with Crippen LogP contribution in [0.2, 0.25) is 0 Å². The van der Waals surface area contributed by atoms with Crippen LogP contribution in [0.4, 0.5) is 10.7 Å². The molecule has 0 aliphatic rings. The van der Waals surface area contributed by atoms with Gasteiger partial charge in [-0.2, -0.15) is 0 Å². The first-order valence-electron chi connectivity index (χ1n) is 6.58. The fraction of sp³-hybridized carbons (Fsp3) is 0.667. The van der Waals surface area contributed by atoms with Gasteiger partial charge in [0, 0.05) is 19.2 Å². The third-order valence-corrected chi connectivity index (χ3v) is 5.67. The van der Waals surface area contributed by atoms with Crippen LogP contribution in [0.3, 0.4) is 0 Å². The summed E-state index contributed by atoms with van der Waals surface area (Å²) >= 11 is 0.874. The quantitative estimate of drug-likeness (QED) is 0.589. The summed E-state index contributed by atoms with van der Waals surface area (Å²) in [5, 5.41) is 14.0. The minimum absolute atomic E-state index is 0.0128. The number of rotatable bonds is 7. The average molecular weight is 335 g/mol. The molecular formula is C12H21N3O4S2. The molecule has 0 bridgehead atoms. The largest absolute Gasteiger partial charge is 0.372 e. The van der Waals surface area contributed by atoms with Crippen molar-refractivity contribution >= 4 is 32.0 Å². The van der Waals surface area contributed by atoms with Crippen molar-refractivity contribution in [1.82, 2.24) is 4.72 Å². The Hall–Kier alpha value is -1.19. The Morgan fingerprint density at radius 1 is 1.38 bits per heavy atom. The Labute approximate surface area is 129 Å². The van der Waals surface area contributed by atoms with E-state index in [1.54, 1.807) is 6.92 Å². The predicted molar refractivity (Wildman–Crippen MR) is 84.4 cm³/mol. The number of anilines is 1. The van der Waals surface area contributed by atoms with E-state index in [4.69, 9.17) is 0 Å². The zero-order valence-electron chi connectivity index (χ0n) is 12.6. The van der Waals surface area contributed by atoms with Crippen LogP contribution in [-0.2, 0) is 10.0 Å². The first kappa shape index (κ1) is 17.9. The molecule has 0 fully saturated rings. The van der Waals surface area contributed by atoms with Gasteiger partial charge in [-0.05, 0) is 18.8 Å². The van der Waals surface area contributed by atoms with E-state index in [9.17, 15) is 18.5 Å². The minimum atomic E-state index is -3.71. The lowest BCUT2D eigenvalue weighted by atomic mass is 9.93. The summed E-state index contributed by atoms with van der Waals surface area (Å²) in [5.41, 5.74) is -0.197. The van der Waals surface area contributed by atoms with Crippen molar-refractivity contribution in [3.8, 4) is 0 Å². The van der Waals surface area contributed by atoms with Gasteiger partial charge in [-0.25, -0.2) is 13.1 Å². The lowest BCUT2D eigenvalue weighted by molar-refractivity contribution is -0.383. The fourth-order valence-corrected chi connectivity index (χ4v) is 4.02. The number of nitrogens with zero attached hydrogens (tertiary/aromatic N) is 1. The number of sulfonamides is 1. The Bertz CT molecular complexity index is 603. The van der Waals surface area contributed by atoms with Gasteiger partial charge >= 0.3 is 5.69 Å². The first-order valence-corrected chi connectivity index (χ1v) is 8.88. The number of hydrogen-bond donors (Lipinski definition) is 2. The minimum Gasteiger partial charge on any atom is -0.372 e. The average Bonchev–Trinajstić information content (AvgIpc) is 2.72. The molecule has 1 heterocycles. The normalized spacial score (nSPS) is 12.4. The summed E-state index contributed by atoms with van der Waals surface area (Å²) < 4.78 is 26.8. The van der Waals surface area contributed by atoms with Gasteiger partial charge in [0.05, 0.1) is 4.92 Å². The molecule has 9 heteroatoms. The van der Waals surface area contributed by atoms with Crippen molar-refractivity contribution in [2.45, 2.75) is 38.3 Å². The van der Waals surface area contributed by atoms with E-state index >= 15 is 0 Å². The number of nitro groups is 1. The molecule has 1 aromatic rings. The number of thiophene rings is 1. The van der Waals surface area contributed by atoms with E-state index in [-0.39, 0.29) is 20.3 Å². The topological polar surface area (TPSA) is 101 Å². The molecule has 2 N–H and O–H groups in total. The molecule has 21 heavy (non-hydrogen) atoms. The highest BCUT2D eigenvalue weighted by Gasteiger charge is 2.26. The first-order chi connectivity index (χ1) is 9.57. The molecule has 7 nitrogen and oxygen atoms in total. The highest BCUT2D eigenvalue weighted by molar-refractivity contribution is 7.91. The van der Waals surface area contributed by atoms with Crippen LogP contribution in [0, 0.1) is 15.5 Å². The van der Waals surface area contributed by atoms with Gasteiger partial charge in [0.15, 0.2) is 5.00 Å². The molecule has 0 aliphatic carbocycles. The lowest BCUT2D eigenvalue weighted by Gasteiger charge is -2.17. The Morgan fingerprint density at radius 2 is 2.00 bits per heavy atom. The van der Waals surface area contributed by atoms with Crippen molar-refractivity contribution in [3.05, 3.63) is 16.2 Å². The highest BCUT2D eigenvalue weighted by Crippen LogP contribution is 2.36. The maximum Gasteiger partial charge on any atom is 0.304 e. The van der Waals surface area contributed by atoms with Crippen LogP contribution >= 0.6 is 11.3 Å². The molecule has 0 saturated heterocycles. The summed E-state index contributed by atoms with van der Waals surface area (Å²) in [5.74, 6) is 0. The van der Waals surface area contributed by atoms with Gasteiger partial charge in [-0.1, -0.05) is 32.1 Å². The van der Waals surface area contributed by atoms with Crippen LogP contribution < -0.4 is 10.0 Å². The van der Waals surface area contributed by atoms with Gasteiger partial charge in [-0.15, -0.1) is 0 Å². The predicted octanol–water partition coefficient (Wildman–Crippen LogP) is 2.80. The second-order valence-corrected chi connectivity index (χ2v) is 8.82. The summed E-state index contributed by atoms with van der Waals surface area (Å²) in [6.45, 7) is 8.62. The molecule has 1 aromatic heterocycles. The molecule has 0 amide bonds. The van der Waals surface area contributed by atoms with E-state index in [2.05, 4.69) is 10.0 Å². The van der Waals surface area contributed by atoms with Crippen molar-refractivity contribution < 1.29 is 13.3 Å². The van der Waals surface area contributed by atoms with Crippen LogP contribution in [-0.4, -0.2) is 26.4 Å². The lowest BCUT2D eigenvalue weighted by Crippen LogP contribution is -2.26. The van der Waals surface area contributed by atoms with Gasteiger partial charge in [0.1, 0.15) is 4.21 Å². The monoisotopic (exact) mass is 335 g/mol. The molecule has 0 atom stereocenters. The molecular weight excluding hydrogens is 314 g/mol. The molecule has 0 spiro atoms. The van der Waals surface area contributed by atoms with Gasteiger partial charge in [-0.3, -0.25) is 10.1 Å². The fourth-order valence-electron chi connectivity index (χ4n) is 1.55. The van der Waals surface area contributed by atoms with E-state index < -0.39 is 14.9 Å². The van der Waals surface area contributed by atoms with E-state index in [0.29, 0.717) is 19.5 Å². The standard InChI is InChI=1S/C12H21N3O4S2/c1-5-13-11-9(15(16)17)8-10(20-11)21(18,19)14-7-6-12(2,3)4/h8,13-14H,5-7H2,1-4H3. The zero-order valence-corrected chi connectivity index (χ0v) is 14.2. The second kappa shape index (κ2) is 6.71. The number of nitrogens with one attached hydrogen (secondary N) is 2. The molecule has 0 aliphatic heterocycles. The van der Waals surface area contributed by atoms with E-state index in [1.165, 1.54) is 0 Å². The van der Waals surface area contributed by atoms with Crippen molar-refractivity contribution in [3.63, 3.8) is 0 Å². The molecule has 0 aromatic carbocycles. The zero-order chi connectivity index (χ0) is 16.3. The summed E-state index contributed by atoms with van der Waals surface area (Å²) in [6, 6.07) is 1.10. The maximum atomic E-state index is 12.2. The number of hydrogen-bond acceptors (Lipinski definition) is 6. The molecule has 1 rings (SSSR count). The van der Waals surface area contributed by atoms with Gasteiger partial charge in [0.25, 0.3) is 0 Å². The van der Waals surface area contributed by atoms with Crippen LogP contribution in [0.1, 0.15) is 34.1 Å². The Balaban J connectivity index is 2.93. The van der Waals surface area contributed by atoms with Gasteiger partial charge in [0.2, 0.25) is 10.0 Å². The molecule has 120 valence electrons. The Kier molecular flexibility index (Phi) is 5.71. The summed E-state index contributed by atoms with van der Waals surface area (Å²) in [6.07, 6.45) is 0.680. The Morgan fingerprint density at radius 3 is 2.48 bits per heavy atom. The van der Waals surface area contributed by atoms with E-state index in [1.807, 2.05) is 20.8 Å². The van der Waals surface area contributed by atoms with Crippen LogP contribution in [0.25, 0.3) is 0 Å². The summed E-state index contributed by atoms with van der Waals surface area (Å²) in [7, 11) is -3.71. The molecule has 0 saturated carbocycles. The highest BCUT2D eigenvalue weighted by atomic mass is 32.2. The van der Waals surface area contributed by atoms with Crippen LogP contribution in [0.15, 0.2) is 10.3 Å². The van der Waals surface area contributed by atoms with Crippen molar-refractivity contribution in [1.29, 1.82) is 0 Å². The maximum absolute atomic E-state index is 12.2. The second-order valence-electron chi connectivity index (χ2n) is 5.78. The third kappa shape index (κ3) is 5.25.